The first kappa shape index (κ1) is 25.9. The Balaban J connectivity index is 1.27. The molecule has 0 spiro atoms. The quantitative estimate of drug-likeness (QED) is 0.199. The minimum atomic E-state index is -0.0485. The third-order valence-electron chi connectivity index (χ3n) is 10.0. The summed E-state index contributed by atoms with van der Waals surface area (Å²) in [4.78, 5) is 2.44. The Morgan fingerprint density at radius 1 is 0.522 bits per heavy atom. The second kappa shape index (κ2) is 9.32. The van der Waals surface area contributed by atoms with E-state index >= 15 is 0 Å². The predicted molar refractivity (Wildman–Crippen MR) is 196 cm³/mol. The smallest absolute Gasteiger partial charge is 0.137 e. The van der Waals surface area contributed by atoms with Crippen molar-refractivity contribution in [3.63, 3.8) is 0 Å². The van der Waals surface area contributed by atoms with Crippen LogP contribution in [0, 0.1) is 0 Å². The van der Waals surface area contributed by atoms with Gasteiger partial charge in [-0.1, -0.05) is 98.8 Å². The predicted octanol–water partition coefficient (Wildman–Crippen LogP) is 12.9. The van der Waals surface area contributed by atoms with Crippen molar-refractivity contribution in [2.45, 2.75) is 19.3 Å². The molecule has 0 unspecified atom stereocenters. The summed E-state index contributed by atoms with van der Waals surface area (Å²) >= 11 is 1.86. The van der Waals surface area contributed by atoms with Gasteiger partial charge in [0.2, 0.25) is 0 Å². The Bertz CT molecular complexity index is 2690. The van der Waals surface area contributed by atoms with E-state index < -0.39 is 0 Å². The summed E-state index contributed by atoms with van der Waals surface area (Å²) in [6, 6.07) is 51.0. The Labute approximate surface area is 270 Å². The number of hydrogen-bond acceptors (Lipinski definition) is 3. The zero-order chi connectivity index (χ0) is 30.6. The number of furan rings is 1. The van der Waals surface area contributed by atoms with Gasteiger partial charge in [0.15, 0.2) is 0 Å². The highest BCUT2D eigenvalue weighted by Gasteiger charge is 2.35. The SMILES string of the molecule is CC1(C)c2ccccc2-c2cc(N(c3ccc4c(c3)sc3ccccc34)c3cccc4oc5cc6ccccc6cc5c34)ccc21. The van der Waals surface area contributed by atoms with Crippen LogP contribution in [0.3, 0.4) is 0 Å². The van der Waals surface area contributed by atoms with Crippen LogP contribution >= 0.6 is 11.3 Å². The summed E-state index contributed by atoms with van der Waals surface area (Å²) in [6.45, 7) is 4.68. The molecule has 0 bridgehead atoms. The largest absolute Gasteiger partial charge is 0.456 e. The lowest BCUT2D eigenvalue weighted by Gasteiger charge is -2.28. The maximum Gasteiger partial charge on any atom is 0.137 e. The molecule has 2 heterocycles. The van der Waals surface area contributed by atoms with Crippen molar-refractivity contribution in [1.82, 2.24) is 0 Å². The lowest BCUT2D eigenvalue weighted by molar-refractivity contribution is 0.660. The maximum absolute atomic E-state index is 6.56. The van der Waals surface area contributed by atoms with Crippen LogP contribution in [0.15, 0.2) is 144 Å². The normalized spacial score (nSPS) is 13.6. The molecule has 0 amide bonds. The van der Waals surface area contributed by atoms with Crippen LogP contribution < -0.4 is 4.90 Å². The van der Waals surface area contributed by atoms with Crippen molar-refractivity contribution >= 4 is 81.3 Å². The van der Waals surface area contributed by atoms with Gasteiger partial charge >= 0.3 is 0 Å². The van der Waals surface area contributed by atoms with E-state index in [1.165, 1.54) is 53.2 Å². The average Bonchev–Trinajstić information content (AvgIpc) is 3.71. The summed E-state index contributed by atoms with van der Waals surface area (Å²) in [6.07, 6.45) is 0. The second-order valence-corrected chi connectivity index (χ2v) is 14.0. The fourth-order valence-corrected chi connectivity index (χ4v) is 8.95. The molecule has 0 saturated carbocycles. The van der Waals surface area contributed by atoms with Crippen LogP contribution in [0.25, 0.3) is 64.0 Å². The van der Waals surface area contributed by atoms with Gasteiger partial charge in [-0.05, 0) is 87.6 Å². The van der Waals surface area contributed by atoms with Crippen molar-refractivity contribution < 1.29 is 4.42 Å². The summed E-state index contributed by atoms with van der Waals surface area (Å²) in [5.74, 6) is 0. The molecule has 0 aliphatic heterocycles. The summed E-state index contributed by atoms with van der Waals surface area (Å²) in [5, 5.41) is 7.26. The number of nitrogens with zero attached hydrogens (tertiary/aromatic N) is 1. The van der Waals surface area contributed by atoms with Crippen molar-refractivity contribution in [3.8, 4) is 11.1 Å². The van der Waals surface area contributed by atoms with Gasteiger partial charge < -0.3 is 9.32 Å². The lowest BCUT2D eigenvalue weighted by atomic mass is 9.82. The molecule has 0 radical (unpaired) electrons. The molecule has 3 heteroatoms. The van der Waals surface area contributed by atoms with Crippen LogP contribution in [0.4, 0.5) is 17.1 Å². The van der Waals surface area contributed by atoms with Crippen molar-refractivity contribution in [1.29, 1.82) is 0 Å². The standard InChI is InChI=1S/C43H29NOS/c1-43(2)35-14-7-5-12-30(35)33-24-28(19-21-36(33)43)44(29-18-20-32-31-13-6-8-17-40(31)46-41(32)25-29)37-15-9-16-38-42(37)34-22-26-10-3-4-11-27(26)23-39(34)45-38/h3-25H,1-2H3. The van der Waals surface area contributed by atoms with Gasteiger partial charge in [-0.3, -0.25) is 0 Å². The second-order valence-electron chi connectivity index (χ2n) is 13.0. The monoisotopic (exact) mass is 607 g/mol. The first-order chi connectivity index (χ1) is 22.5. The summed E-state index contributed by atoms with van der Waals surface area (Å²) in [7, 11) is 0. The highest BCUT2D eigenvalue weighted by atomic mass is 32.1. The molecular formula is C43H29NOS. The molecular weight excluding hydrogens is 579 g/mol. The molecule has 1 aliphatic rings. The maximum atomic E-state index is 6.56. The molecule has 7 aromatic carbocycles. The first-order valence-corrected chi connectivity index (χ1v) is 16.7. The van der Waals surface area contributed by atoms with Crippen molar-refractivity contribution in [2.24, 2.45) is 0 Å². The topological polar surface area (TPSA) is 16.4 Å². The van der Waals surface area contributed by atoms with Gasteiger partial charge in [-0.2, -0.15) is 0 Å². The van der Waals surface area contributed by atoms with Crippen LogP contribution in [-0.2, 0) is 5.41 Å². The number of thiophene rings is 1. The molecule has 0 atom stereocenters. The lowest BCUT2D eigenvalue weighted by Crippen LogP contribution is -2.15. The van der Waals surface area contributed by atoms with Crippen LogP contribution in [0.5, 0.6) is 0 Å². The average molecular weight is 608 g/mol. The molecule has 218 valence electrons. The van der Waals surface area contributed by atoms with Gasteiger partial charge in [-0.25, -0.2) is 0 Å². The highest BCUT2D eigenvalue weighted by Crippen LogP contribution is 2.52. The van der Waals surface area contributed by atoms with Crippen LogP contribution in [0.1, 0.15) is 25.0 Å². The molecule has 46 heavy (non-hydrogen) atoms. The third kappa shape index (κ3) is 3.58. The van der Waals surface area contributed by atoms with Gasteiger partial charge in [0.1, 0.15) is 11.2 Å². The molecule has 9 aromatic rings. The minimum Gasteiger partial charge on any atom is -0.456 e. The Morgan fingerprint density at radius 2 is 1.24 bits per heavy atom. The van der Waals surface area contributed by atoms with E-state index in [1.54, 1.807) is 0 Å². The van der Waals surface area contributed by atoms with E-state index in [9.17, 15) is 0 Å². The number of fused-ring (bicyclic) bond motifs is 10. The zero-order valence-electron chi connectivity index (χ0n) is 25.5. The van der Waals surface area contributed by atoms with Gasteiger partial charge in [0.05, 0.1) is 11.1 Å². The third-order valence-corrected chi connectivity index (χ3v) is 11.2. The van der Waals surface area contributed by atoms with Gasteiger partial charge in [0.25, 0.3) is 0 Å². The molecule has 2 nitrogen and oxygen atoms in total. The van der Waals surface area contributed by atoms with Crippen LogP contribution in [0.2, 0.25) is 0 Å². The molecule has 0 fully saturated rings. The van der Waals surface area contributed by atoms with Gasteiger partial charge in [-0.15, -0.1) is 11.3 Å². The minimum absolute atomic E-state index is 0.0485. The van der Waals surface area contributed by atoms with E-state index in [0.29, 0.717) is 0 Å². The molecule has 10 rings (SSSR count). The fraction of sp³-hybridized carbons (Fsp3) is 0.0698. The van der Waals surface area contributed by atoms with E-state index in [2.05, 4.69) is 158 Å². The highest BCUT2D eigenvalue weighted by molar-refractivity contribution is 7.25. The van der Waals surface area contributed by atoms with E-state index in [1.807, 2.05) is 11.3 Å². The molecule has 2 aromatic heterocycles. The molecule has 1 aliphatic carbocycles. The van der Waals surface area contributed by atoms with Crippen molar-refractivity contribution in [3.05, 3.63) is 151 Å². The van der Waals surface area contributed by atoms with Crippen molar-refractivity contribution in [2.75, 3.05) is 4.90 Å². The van der Waals surface area contributed by atoms with Crippen LogP contribution in [-0.4, -0.2) is 0 Å². The van der Waals surface area contributed by atoms with E-state index in [-0.39, 0.29) is 5.41 Å². The number of rotatable bonds is 3. The Kier molecular flexibility index (Phi) is 5.25. The Morgan fingerprint density at radius 3 is 2.15 bits per heavy atom. The van der Waals surface area contributed by atoms with Gasteiger partial charge in [0, 0.05) is 42.3 Å². The first-order valence-electron chi connectivity index (χ1n) is 15.8. The Hall–Kier alpha value is -5.38. The number of hydrogen-bond donors (Lipinski definition) is 0. The number of benzene rings is 7. The zero-order valence-corrected chi connectivity index (χ0v) is 26.4. The number of anilines is 3. The summed E-state index contributed by atoms with van der Waals surface area (Å²) in [5.41, 5.74) is 10.5. The van der Waals surface area contributed by atoms with E-state index in [0.717, 1.165) is 39.0 Å². The van der Waals surface area contributed by atoms with E-state index in [4.69, 9.17) is 4.42 Å². The molecule has 0 N–H and O–H groups in total. The fourth-order valence-electron chi connectivity index (χ4n) is 7.81. The summed E-state index contributed by atoms with van der Waals surface area (Å²) < 4.78 is 9.15. The molecule has 0 saturated heterocycles.